The molecule has 0 saturated heterocycles. The van der Waals surface area contributed by atoms with E-state index in [2.05, 4.69) is 17.7 Å². The lowest BCUT2D eigenvalue weighted by Crippen LogP contribution is -1.92. The van der Waals surface area contributed by atoms with Gasteiger partial charge in [0.1, 0.15) is 0 Å². The van der Waals surface area contributed by atoms with Gasteiger partial charge in [-0.05, 0) is 12.8 Å². The van der Waals surface area contributed by atoms with E-state index in [1.165, 1.54) is 38.9 Å². The standard InChI is InChI=1S/C14H22O2/c1-3-4-5-6-7-8-9-10-11-12-13-14(15)16-2/h8-13H,3-7H2,1-2H3/b9-8+,11-10+,13-12+. The molecular weight excluding hydrogens is 200 g/mol. The van der Waals surface area contributed by atoms with Gasteiger partial charge in [-0.3, -0.25) is 0 Å². The van der Waals surface area contributed by atoms with Crippen LogP contribution in [0.15, 0.2) is 36.5 Å². The summed E-state index contributed by atoms with van der Waals surface area (Å²) in [4.78, 5) is 10.7. The number of rotatable bonds is 8. The van der Waals surface area contributed by atoms with E-state index in [0.717, 1.165) is 6.42 Å². The Hall–Kier alpha value is -1.31. The molecule has 0 aliphatic heterocycles. The third-order valence-corrected chi connectivity index (χ3v) is 2.13. The smallest absolute Gasteiger partial charge is 0.330 e. The molecule has 0 N–H and O–H groups in total. The predicted molar refractivity (Wildman–Crippen MR) is 68.2 cm³/mol. The first-order chi connectivity index (χ1) is 7.81. The molecule has 0 aromatic heterocycles. The maximum atomic E-state index is 10.7. The summed E-state index contributed by atoms with van der Waals surface area (Å²) >= 11 is 0. The van der Waals surface area contributed by atoms with E-state index in [4.69, 9.17) is 0 Å². The molecule has 0 atom stereocenters. The zero-order valence-electron chi connectivity index (χ0n) is 10.3. The van der Waals surface area contributed by atoms with Crippen LogP contribution in [0, 0.1) is 0 Å². The molecule has 0 saturated carbocycles. The average Bonchev–Trinajstić information content (AvgIpc) is 2.31. The highest BCUT2D eigenvalue weighted by Crippen LogP contribution is 2.02. The third kappa shape index (κ3) is 10.8. The van der Waals surface area contributed by atoms with Crippen LogP contribution in [0.2, 0.25) is 0 Å². The fourth-order valence-electron chi connectivity index (χ4n) is 1.19. The van der Waals surface area contributed by atoms with Crippen molar-refractivity contribution < 1.29 is 9.53 Å². The number of hydrogen-bond donors (Lipinski definition) is 0. The van der Waals surface area contributed by atoms with Gasteiger partial charge in [-0.2, -0.15) is 0 Å². The molecule has 0 amide bonds. The average molecular weight is 222 g/mol. The van der Waals surface area contributed by atoms with Gasteiger partial charge in [-0.1, -0.05) is 56.6 Å². The summed E-state index contributed by atoms with van der Waals surface area (Å²) in [6.07, 6.45) is 17.3. The molecule has 0 radical (unpaired) electrons. The van der Waals surface area contributed by atoms with Crippen LogP contribution in [0.5, 0.6) is 0 Å². The molecule has 0 aromatic carbocycles. The van der Waals surface area contributed by atoms with Gasteiger partial charge in [0.05, 0.1) is 7.11 Å². The Kier molecular flexibility index (Phi) is 10.8. The molecule has 0 rings (SSSR count). The molecule has 0 fully saturated rings. The van der Waals surface area contributed by atoms with Crippen molar-refractivity contribution in [3.63, 3.8) is 0 Å². The number of allylic oxidation sites excluding steroid dienone is 5. The van der Waals surface area contributed by atoms with Crippen molar-refractivity contribution in [2.24, 2.45) is 0 Å². The summed E-state index contributed by atoms with van der Waals surface area (Å²) < 4.78 is 4.46. The molecule has 2 nitrogen and oxygen atoms in total. The number of hydrogen-bond acceptors (Lipinski definition) is 2. The third-order valence-electron chi connectivity index (χ3n) is 2.13. The van der Waals surface area contributed by atoms with Crippen LogP contribution in [0.3, 0.4) is 0 Å². The van der Waals surface area contributed by atoms with Gasteiger partial charge in [0, 0.05) is 6.08 Å². The lowest BCUT2D eigenvalue weighted by molar-refractivity contribution is -0.134. The quantitative estimate of drug-likeness (QED) is 0.270. The van der Waals surface area contributed by atoms with E-state index in [0.29, 0.717) is 0 Å². The van der Waals surface area contributed by atoms with E-state index in [-0.39, 0.29) is 5.97 Å². The lowest BCUT2D eigenvalue weighted by Gasteiger charge is -1.92. The number of esters is 1. The topological polar surface area (TPSA) is 26.3 Å². The second kappa shape index (κ2) is 11.8. The summed E-state index contributed by atoms with van der Waals surface area (Å²) in [6.45, 7) is 2.21. The fourth-order valence-corrected chi connectivity index (χ4v) is 1.19. The second-order valence-electron chi connectivity index (χ2n) is 3.54. The molecule has 16 heavy (non-hydrogen) atoms. The molecule has 0 aliphatic rings. The van der Waals surface area contributed by atoms with Crippen LogP contribution < -0.4 is 0 Å². The molecule has 0 aromatic rings. The second-order valence-corrected chi connectivity index (χ2v) is 3.54. The first-order valence-corrected chi connectivity index (χ1v) is 5.89. The van der Waals surface area contributed by atoms with Crippen molar-refractivity contribution >= 4 is 5.97 Å². The summed E-state index contributed by atoms with van der Waals surface area (Å²) in [6, 6.07) is 0. The first kappa shape index (κ1) is 14.7. The Labute approximate surface area is 98.7 Å². The van der Waals surface area contributed by atoms with Gasteiger partial charge in [0.25, 0.3) is 0 Å². The van der Waals surface area contributed by atoms with E-state index < -0.39 is 0 Å². The summed E-state index contributed by atoms with van der Waals surface area (Å²) in [5.74, 6) is -0.326. The number of carbonyl (C=O) groups is 1. The SMILES string of the molecule is CCCCCC/C=C/C=C/C=C/C(=O)OC. The predicted octanol–water partition coefficient (Wildman–Crippen LogP) is 3.80. The maximum Gasteiger partial charge on any atom is 0.330 e. The van der Waals surface area contributed by atoms with E-state index in [1.54, 1.807) is 6.08 Å². The molecule has 0 unspecified atom stereocenters. The van der Waals surface area contributed by atoms with Crippen LogP contribution in [0.4, 0.5) is 0 Å². The largest absolute Gasteiger partial charge is 0.466 e. The molecule has 90 valence electrons. The van der Waals surface area contributed by atoms with Crippen molar-refractivity contribution in [2.75, 3.05) is 7.11 Å². The van der Waals surface area contributed by atoms with E-state index in [9.17, 15) is 4.79 Å². The highest BCUT2D eigenvalue weighted by atomic mass is 16.5. The number of unbranched alkanes of at least 4 members (excludes halogenated alkanes) is 4. The molecule has 0 aliphatic carbocycles. The van der Waals surface area contributed by atoms with Gasteiger partial charge < -0.3 is 4.74 Å². The Morgan fingerprint density at radius 2 is 1.81 bits per heavy atom. The summed E-state index contributed by atoms with van der Waals surface area (Å²) in [5.41, 5.74) is 0. The van der Waals surface area contributed by atoms with Crippen molar-refractivity contribution in [1.29, 1.82) is 0 Å². The van der Waals surface area contributed by atoms with Gasteiger partial charge in [0.2, 0.25) is 0 Å². The van der Waals surface area contributed by atoms with Crippen molar-refractivity contribution in [3.05, 3.63) is 36.5 Å². The zero-order valence-corrected chi connectivity index (χ0v) is 10.3. The highest BCUT2D eigenvalue weighted by molar-refractivity contribution is 5.82. The van der Waals surface area contributed by atoms with Gasteiger partial charge in [-0.25, -0.2) is 4.79 Å². The first-order valence-electron chi connectivity index (χ1n) is 5.89. The van der Waals surface area contributed by atoms with Crippen LogP contribution in [-0.2, 0) is 9.53 Å². The van der Waals surface area contributed by atoms with Crippen LogP contribution in [-0.4, -0.2) is 13.1 Å². The minimum atomic E-state index is -0.326. The minimum absolute atomic E-state index is 0.326. The highest BCUT2D eigenvalue weighted by Gasteiger charge is 1.86. The minimum Gasteiger partial charge on any atom is -0.466 e. The molecular formula is C14H22O2. The lowest BCUT2D eigenvalue weighted by atomic mass is 10.1. The number of methoxy groups -OCH3 is 1. The van der Waals surface area contributed by atoms with Crippen LogP contribution >= 0.6 is 0 Å². The van der Waals surface area contributed by atoms with Gasteiger partial charge >= 0.3 is 5.97 Å². The fraction of sp³-hybridized carbons (Fsp3) is 0.500. The monoisotopic (exact) mass is 222 g/mol. The van der Waals surface area contributed by atoms with Gasteiger partial charge in [0.15, 0.2) is 0 Å². The van der Waals surface area contributed by atoms with Crippen molar-refractivity contribution in [1.82, 2.24) is 0 Å². The number of carbonyl (C=O) groups excluding carboxylic acids is 1. The van der Waals surface area contributed by atoms with Crippen molar-refractivity contribution in [2.45, 2.75) is 39.0 Å². The Morgan fingerprint density at radius 3 is 2.50 bits per heavy atom. The van der Waals surface area contributed by atoms with E-state index >= 15 is 0 Å². The van der Waals surface area contributed by atoms with Crippen LogP contribution in [0.1, 0.15) is 39.0 Å². The molecule has 0 bridgehead atoms. The number of ether oxygens (including phenoxy) is 1. The van der Waals surface area contributed by atoms with Crippen LogP contribution in [0.25, 0.3) is 0 Å². The Balaban J connectivity index is 3.48. The van der Waals surface area contributed by atoms with Gasteiger partial charge in [-0.15, -0.1) is 0 Å². The summed E-state index contributed by atoms with van der Waals surface area (Å²) in [7, 11) is 1.37. The maximum absolute atomic E-state index is 10.7. The summed E-state index contributed by atoms with van der Waals surface area (Å²) in [5, 5.41) is 0. The van der Waals surface area contributed by atoms with Crippen molar-refractivity contribution in [3.8, 4) is 0 Å². The molecule has 0 heterocycles. The Bertz CT molecular complexity index is 249. The zero-order chi connectivity index (χ0) is 12.1. The Morgan fingerprint density at radius 1 is 1.06 bits per heavy atom. The normalized spacial score (nSPS) is 11.9. The molecule has 0 spiro atoms. The van der Waals surface area contributed by atoms with E-state index in [1.807, 2.05) is 18.2 Å². The molecule has 2 heteroatoms.